The molecular weight excluding hydrogens is 422 g/mol. The molecule has 2 aromatic rings. The van der Waals surface area contributed by atoms with Gasteiger partial charge in [0.15, 0.2) is 6.10 Å². The maximum Gasteiger partial charge on any atom is 0.338 e. The Labute approximate surface area is 180 Å². The maximum atomic E-state index is 12.5. The third-order valence-electron chi connectivity index (χ3n) is 4.79. The van der Waals surface area contributed by atoms with Gasteiger partial charge in [0.1, 0.15) is 0 Å². The Morgan fingerprint density at radius 2 is 1.94 bits per heavy atom. The number of sulfonamides is 1. The van der Waals surface area contributed by atoms with Crippen molar-refractivity contribution in [3.8, 4) is 0 Å². The van der Waals surface area contributed by atoms with Crippen molar-refractivity contribution >= 4 is 33.5 Å². The lowest BCUT2D eigenvalue weighted by Gasteiger charge is -2.17. The van der Waals surface area contributed by atoms with Crippen LogP contribution in [0.4, 0.5) is 5.69 Å². The van der Waals surface area contributed by atoms with Crippen molar-refractivity contribution in [1.82, 2.24) is 4.90 Å². The van der Waals surface area contributed by atoms with Gasteiger partial charge in [-0.2, -0.15) is 0 Å². The number of hydrogen-bond acceptors (Lipinski definition) is 6. The van der Waals surface area contributed by atoms with Crippen molar-refractivity contribution in [2.45, 2.75) is 37.3 Å². The van der Waals surface area contributed by atoms with E-state index in [1.165, 1.54) is 31.2 Å². The van der Waals surface area contributed by atoms with Crippen LogP contribution in [0, 0.1) is 0 Å². The summed E-state index contributed by atoms with van der Waals surface area (Å²) in [5.74, 6) is -1.22. The summed E-state index contributed by atoms with van der Waals surface area (Å²) >= 11 is 0. The van der Waals surface area contributed by atoms with Crippen LogP contribution in [0.15, 0.2) is 53.4 Å². The second-order valence-electron chi connectivity index (χ2n) is 7.23. The fraction of sp³-hybridized carbons (Fsp3) is 0.286. The molecule has 1 aliphatic heterocycles. The molecule has 0 aliphatic carbocycles. The van der Waals surface area contributed by atoms with E-state index in [2.05, 4.69) is 5.32 Å². The van der Waals surface area contributed by atoms with Gasteiger partial charge in [0.2, 0.25) is 15.9 Å². The first-order valence-corrected chi connectivity index (χ1v) is 11.2. The van der Waals surface area contributed by atoms with E-state index >= 15 is 0 Å². The van der Waals surface area contributed by atoms with Crippen molar-refractivity contribution in [3.63, 3.8) is 0 Å². The summed E-state index contributed by atoms with van der Waals surface area (Å²) in [6, 6.07) is 12.1. The van der Waals surface area contributed by atoms with E-state index in [9.17, 15) is 22.8 Å². The molecule has 3 rings (SSSR count). The molecule has 1 atom stereocenters. The van der Waals surface area contributed by atoms with Gasteiger partial charge in [0.25, 0.3) is 5.91 Å². The highest BCUT2D eigenvalue weighted by atomic mass is 32.2. The maximum absolute atomic E-state index is 12.5. The van der Waals surface area contributed by atoms with Crippen molar-refractivity contribution in [1.29, 1.82) is 0 Å². The van der Waals surface area contributed by atoms with Crippen molar-refractivity contribution < 1.29 is 27.5 Å². The standard InChI is InChI=1S/C21H23N3O6S/c1-14(20(26)23-17-7-3-8-18(12-17)31(22,28)29)30-21(27)16-6-2-5-15(11-16)13-24-10-4-9-19(24)25/h2-3,5-8,11-12,14H,4,9-10,13H2,1H3,(H,23,26)(H2,22,28,29). The first-order valence-electron chi connectivity index (χ1n) is 9.65. The summed E-state index contributed by atoms with van der Waals surface area (Å²) in [5, 5.41) is 7.58. The van der Waals surface area contributed by atoms with Crippen molar-refractivity contribution in [3.05, 3.63) is 59.7 Å². The molecule has 0 spiro atoms. The number of ether oxygens (including phenoxy) is 1. The van der Waals surface area contributed by atoms with Gasteiger partial charge in [-0.1, -0.05) is 18.2 Å². The summed E-state index contributed by atoms with van der Waals surface area (Å²) in [4.78, 5) is 38.2. The lowest BCUT2D eigenvalue weighted by atomic mass is 10.1. The van der Waals surface area contributed by atoms with E-state index in [0.717, 1.165) is 12.0 Å². The molecular formula is C21H23N3O6S. The number of nitrogens with two attached hydrogens (primary N) is 1. The Hall–Kier alpha value is -3.24. The van der Waals surface area contributed by atoms with Crippen LogP contribution in [0.2, 0.25) is 0 Å². The minimum Gasteiger partial charge on any atom is -0.449 e. The number of anilines is 1. The number of nitrogens with one attached hydrogen (secondary N) is 1. The van der Waals surface area contributed by atoms with Gasteiger partial charge in [-0.05, 0) is 49.2 Å². The zero-order valence-electron chi connectivity index (χ0n) is 16.9. The molecule has 1 aliphatic rings. The van der Waals surface area contributed by atoms with Crippen LogP contribution in [-0.4, -0.2) is 43.8 Å². The fourth-order valence-electron chi connectivity index (χ4n) is 3.17. The number of esters is 1. The molecule has 0 saturated carbocycles. The number of nitrogens with zero attached hydrogens (tertiary/aromatic N) is 1. The number of likely N-dealkylation sites (tertiary alicyclic amines) is 1. The van der Waals surface area contributed by atoms with E-state index in [1.54, 1.807) is 23.1 Å². The van der Waals surface area contributed by atoms with Crippen LogP contribution in [0.5, 0.6) is 0 Å². The predicted octanol–water partition coefficient (Wildman–Crippen LogP) is 1.64. The molecule has 2 amide bonds. The summed E-state index contributed by atoms with van der Waals surface area (Å²) in [7, 11) is -3.91. The van der Waals surface area contributed by atoms with Gasteiger partial charge in [-0.3, -0.25) is 9.59 Å². The number of rotatable bonds is 7. The normalized spacial score (nSPS) is 14.9. The predicted molar refractivity (Wildman–Crippen MR) is 112 cm³/mol. The van der Waals surface area contributed by atoms with Gasteiger partial charge < -0.3 is 15.0 Å². The Morgan fingerprint density at radius 1 is 1.19 bits per heavy atom. The Balaban J connectivity index is 1.62. The second kappa shape index (κ2) is 9.27. The number of primary sulfonamides is 1. The van der Waals surface area contributed by atoms with Crippen LogP contribution >= 0.6 is 0 Å². The number of benzene rings is 2. The zero-order chi connectivity index (χ0) is 22.6. The summed E-state index contributed by atoms with van der Waals surface area (Å²) in [6.45, 7) is 2.51. The zero-order valence-corrected chi connectivity index (χ0v) is 17.7. The fourth-order valence-corrected chi connectivity index (χ4v) is 3.72. The van der Waals surface area contributed by atoms with Gasteiger partial charge in [0, 0.05) is 25.2 Å². The third-order valence-corrected chi connectivity index (χ3v) is 5.70. The third kappa shape index (κ3) is 5.89. The summed E-state index contributed by atoms with van der Waals surface area (Å²) in [6.07, 6.45) is 0.233. The van der Waals surface area contributed by atoms with E-state index < -0.39 is 28.0 Å². The smallest absolute Gasteiger partial charge is 0.338 e. The first kappa shape index (κ1) is 22.4. The van der Waals surface area contributed by atoms with Gasteiger partial charge in [0.05, 0.1) is 10.5 Å². The largest absolute Gasteiger partial charge is 0.449 e. The lowest BCUT2D eigenvalue weighted by molar-refractivity contribution is -0.128. The van der Waals surface area contributed by atoms with Gasteiger partial charge in [-0.25, -0.2) is 18.4 Å². The summed E-state index contributed by atoms with van der Waals surface area (Å²) < 4.78 is 28.1. The Kier molecular flexibility index (Phi) is 6.71. The highest BCUT2D eigenvalue weighted by molar-refractivity contribution is 7.89. The molecule has 1 saturated heterocycles. The van der Waals surface area contributed by atoms with E-state index in [4.69, 9.17) is 9.88 Å². The Bertz CT molecular complexity index is 1120. The number of carbonyl (C=O) groups excluding carboxylic acids is 3. The molecule has 1 heterocycles. The molecule has 1 fully saturated rings. The molecule has 10 heteroatoms. The summed E-state index contributed by atoms with van der Waals surface area (Å²) in [5.41, 5.74) is 1.26. The minimum atomic E-state index is -3.91. The molecule has 0 bridgehead atoms. The number of carbonyl (C=O) groups is 3. The topological polar surface area (TPSA) is 136 Å². The number of hydrogen-bond donors (Lipinski definition) is 2. The quantitative estimate of drug-likeness (QED) is 0.622. The average Bonchev–Trinajstić information content (AvgIpc) is 3.12. The van der Waals surface area contributed by atoms with Crippen LogP contribution < -0.4 is 10.5 Å². The highest BCUT2D eigenvalue weighted by Gasteiger charge is 2.22. The Morgan fingerprint density at radius 3 is 2.61 bits per heavy atom. The van der Waals surface area contributed by atoms with Crippen LogP contribution in [-0.2, 0) is 30.9 Å². The molecule has 164 valence electrons. The SMILES string of the molecule is CC(OC(=O)c1cccc(CN2CCCC2=O)c1)C(=O)Nc1cccc(S(N)(=O)=O)c1. The molecule has 0 radical (unpaired) electrons. The second-order valence-corrected chi connectivity index (χ2v) is 8.79. The lowest BCUT2D eigenvalue weighted by Crippen LogP contribution is -2.30. The molecule has 3 N–H and O–H groups in total. The van der Waals surface area contributed by atoms with Crippen molar-refractivity contribution in [2.24, 2.45) is 5.14 Å². The van der Waals surface area contributed by atoms with Gasteiger partial charge >= 0.3 is 5.97 Å². The average molecular weight is 445 g/mol. The molecule has 9 nitrogen and oxygen atoms in total. The van der Waals surface area contributed by atoms with E-state index in [0.29, 0.717) is 19.5 Å². The highest BCUT2D eigenvalue weighted by Crippen LogP contribution is 2.17. The molecule has 0 aromatic heterocycles. The number of amides is 2. The van der Waals surface area contributed by atoms with Crippen LogP contribution in [0.3, 0.4) is 0 Å². The van der Waals surface area contributed by atoms with Crippen LogP contribution in [0.25, 0.3) is 0 Å². The molecule has 1 unspecified atom stereocenters. The van der Waals surface area contributed by atoms with Crippen LogP contribution in [0.1, 0.15) is 35.7 Å². The van der Waals surface area contributed by atoms with E-state index in [1.807, 2.05) is 6.07 Å². The molecule has 31 heavy (non-hydrogen) atoms. The molecule has 2 aromatic carbocycles. The van der Waals surface area contributed by atoms with E-state index in [-0.39, 0.29) is 22.1 Å². The first-order chi connectivity index (χ1) is 14.6. The van der Waals surface area contributed by atoms with Crippen molar-refractivity contribution in [2.75, 3.05) is 11.9 Å². The monoisotopic (exact) mass is 445 g/mol. The minimum absolute atomic E-state index is 0.0878. The van der Waals surface area contributed by atoms with Gasteiger partial charge in [-0.15, -0.1) is 0 Å².